The minimum atomic E-state index is 0.136. The van der Waals surface area contributed by atoms with Crippen molar-refractivity contribution in [3.8, 4) is 0 Å². The molecule has 2 aliphatic rings. The molecule has 0 spiro atoms. The van der Waals surface area contributed by atoms with E-state index >= 15 is 0 Å². The number of rotatable bonds is 1. The average molecular weight is 267 g/mol. The zero-order chi connectivity index (χ0) is 14.2. The highest BCUT2D eigenvalue weighted by Gasteiger charge is 2.38. The van der Waals surface area contributed by atoms with Gasteiger partial charge in [0.2, 0.25) is 5.91 Å². The Morgan fingerprint density at radius 3 is 2.42 bits per heavy atom. The third-order valence-corrected chi connectivity index (χ3v) is 5.12. The second kappa shape index (κ2) is 5.80. The highest BCUT2D eigenvalue weighted by Crippen LogP contribution is 2.34. The third kappa shape index (κ3) is 3.11. The summed E-state index contributed by atoms with van der Waals surface area (Å²) in [6.07, 6.45) is 1.94. The molecule has 0 aromatic carbocycles. The zero-order valence-corrected chi connectivity index (χ0v) is 12.8. The molecule has 0 aromatic heterocycles. The van der Waals surface area contributed by atoms with Gasteiger partial charge in [-0.15, -0.1) is 0 Å². The van der Waals surface area contributed by atoms with E-state index in [4.69, 9.17) is 5.73 Å². The lowest BCUT2D eigenvalue weighted by Crippen LogP contribution is -2.56. The van der Waals surface area contributed by atoms with Gasteiger partial charge in [-0.25, -0.2) is 0 Å². The molecule has 1 saturated heterocycles. The molecule has 2 fully saturated rings. The summed E-state index contributed by atoms with van der Waals surface area (Å²) >= 11 is 0. The lowest BCUT2D eigenvalue weighted by molar-refractivity contribution is -0.143. The number of amides is 1. The summed E-state index contributed by atoms with van der Waals surface area (Å²) in [6, 6.07) is 0.516. The molecule has 0 radical (unpaired) electrons. The van der Waals surface area contributed by atoms with Crippen molar-refractivity contribution in [1.29, 1.82) is 0 Å². The maximum atomic E-state index is 12.8. The van der Waals surface area contributed by atoms with E-state index in [1.807, 2.05) is 0 Å². The fourth-order valence-corrected chi connectivity index (χ4v) is 3.71. The predicted molar refractivity (Wildman–Crippen MR) is 77.7 cm³/mol. The van der Waals surface area contributed by atoms with Crippen LogP contribution in [0.1, 0.15) is 33.6 Å². The quantitative estimate of drug-likeness (QED) is 0.775. The van der Waals surface area contributed by atoms with Crippen LogP contribution in [0.15, 0.2) is 0 Å². The number of hydrogen-bond acceptors (Lipinski definition) is 3. The zero-order valence-electron chi connectivity index (χ0n) is 12.8. The Balaban J connectivity index is 2.02. The first kappa shape index (κ1) is 14.8. The molecule has 1 aliphatic heterocycles. The molecule has 4 nitrogen and oxygen atoms in total. The number of carbonyl (C=O) groups is 1. The van der Waals surface area contributed by atoms with Crippen LogP contribution in [0.2, 0.25) is 0 Å². The molecule has 2 rings (SSSR count). The molecule has 19 heavy (non-hydrogen) atoms. The molecule has 5 atom stereocenters. The van der Waals surface area contributed by atoms with Gasteiger partial charge in [-0.05, 0) is 38.6 Å². The SMILES string of the molecule is CC1CC(C)C(C(=O)N2CCN(C)CC2C)CC1N. The molecule has 2 N–H and O–H groups in total. The van der Waals surface area contributed by atoms with Crippen LogP contribution >= 0.6 is 0 Å². The highest BCUT2D eigenvalue weighted by atomic mass is 16.2. The van der Waals surface area contributed by atoms with Crippen LogP contribution in [0.25, 0.3) is 0 Å². The Morgan fingerprint density at radius 1 is 1.11 bits per heavy atom. The number of likely N-dealkylation sites (N-methyl/N-ethyl adjacent to an activating group) is 1. The molecule has 1 saturated carbocycles. The summed E-state index contributed by atoms with van der Waals surface area (Å²) in [5.41, 5.74) is 6.18. The molecule has 110 valence electrons. The van der Waals surface area contributed by atoms with Crippen molar-refractivity contribution >= 4 is 5.91 Å². The summed E-state index contributed by atoms with van der Waals surface area (Å²) in [5, 5.41) is 0. The summed E-state index contributed by atoms with van der Waals surface area (Å²) in [4.78, 5) is 17.2. The van der Waals surface area contributed by atoms with E-state index in [2.05, 4.69) is 37.6 Å². The van der Waals surface area contributed by atoms with Gasteiger partial charge < -0.3 is 15.5 Å². The van der Waals surface area contributed by atoms with Gasteiger partial charge in [-0.3, -0.25) is 4.79 Å². The van der Waals surface area contributed by atoms with Gasteiger partial charge in [0, 0.05) is 37.6 Å². The van der Waals surface area contributed by atoms with Crippen molar-refractivity contribution in [2.75, 3.05) is 26.7 Å². The summed E-state index contributed by atoms with van der Waals surface area (Å²) < 4.78 is 0. The van der Waals surface area contributed by atoms with Crippen molar-refractivity contribution < 1.29 is 4.79 Å². The number of carbonyl (C=O) groups excluding carboxylic acids is 1. The fourth-order valence-electron chi connectivity index (χ4n) is 3.71. The Morgan fingerprint density at radius 2 is 1.79 bits per heavy atom. The summed E-state index contributed by atoms with van der Waals surface area (Å²) in [6.45, 7) is 9.41. The van der Waals surface area contributed by atoms with E-state index in [9.17, 15) is 4.79 Å². The molecular formula is C15H29N3O. The molecule has 1 heterocycles. The van der Waals surface area contributed by atoms with Crippen LogP contribution in [0, 0.1) is 17.8 Å². The van der Waals surface area contributed by atoms with Crippen molar-refractivity contribution in [2.24, 2.45) is 23.5 Å². The first-order valence-electron chi connectivity index (χ1n) is 7.64. The van der Waals surface area contributed by atoms with E-state index < -0.39 is 0 Å². The van der Waals surface area contributed by atoms with Crippen molar-refractivity contribution in [3.63, 3.8) is 0 Å². The van der Waals surface area contributed by atoms with E-state index in [0.29, 0.717) is 23.8 Å². The minimum absolute atomic E-state index is 0.136. The van der Waals surface area contributed by atoms with Crippen molar-refractivity contribution in [2.45, 2.75) is 45.7 Å². The summed E-state index contributed by atoms with van der Waals surface area (Å²) in [7, 11) is 2.12. The van der Waals surface area contributed by atoms with Gasteiger partial charge in [-0.1, -0.05) is 13.8 Å². The number of nitrogens with zero attached hydrogens (tertiary/aromatic N) is 2. The van der Waals surface area contributed by atoms with E-state index in [1.165, 1.54) is 0 Å². The van der Waals surface area contributed by atoms with Gasteiger partial charge in [0.1, 0.15) is 0 Å². The lowest BCUT2D eigenvalue weighted by Gasteiger charge is -2.43. The normalized spacial score (nSPS) is 41.3. The average Bonchev–Trinajstić information content (AvgIpc) is 2.33. The Labute approximate surface area is 117 Å². The topological polar surface area (TPSA) is 49.6 Å². The molecular weight excluding hydrogens is 238 g/mol. The van der Waals surface area contributed by atoms with Crippen molar-refractivity contribution in [1.82, 2.24) is 9.80 Å². The maximum Gasteiger partial charge on any atom is 0.226 e. The monoisotopic (exact) mass is 267 g/mol. The number of nitrogens with two attached hydrogens (primary N) is 1. The van der Waals surface area contributed by atoms with Gasteiger partial charge in [0.05, 0.1) is 0 Å². The Kier molecular flexibility index (Phi) is 4.51. The fraction of sp³-hybridized carbons (Fsp3) is 0.933. The van der Waals surface area contributed by atoms with Crippen LogP contribution < -0.4 is 5.73 Å². The first-order chi connectivity index (χ1) is 8.90. The third-order valence-electron chi connectivity index (χ3n) is 5.12. The van der Waals surface area contributed by atoms with Gasteiger partial charge in [-0.2, -0.15) is 0 Å². The second-order valence-electron chi connectivity index (χ2n) is 6.84. The van der Waals surface area contributed by atoms with Crippen LogP contribution in [0.4, 0.5) is 0 Å². The van der Waals surface area contributed by atoms with Crippen LogP contribution in [0.5, 0.6) is 0 Å². The smallest absolute Gasteiger partial charge is 0.226 e. The summed E-state index contributed by atoms with van der Waals surface area (Å²) in [5.74, 6) is 1.49. The van der Waals surface area contributed by atoms with Crippen LogP contribution in [-0.4, -0.2) is 54.5 Å². The molecule has 4 heteroatoms. The van der Waals surface area contributed by atoms with Crippen molar-refractivity contribution in [3.05, 3.63) is 0 Å². The minimum Gasteiger partial charge on any atom is -0.337 e. The number of piperazine rings is 1. The molecule has 0 bridgehead atoms. The second-order valence-corrected chi connectivity index (χ2v) is 6.84. The van der Waals surface area contributed by atoms with Crippen LogP contribution in [0.3, 0.4) is 0 Å². The largest absolute Gasteiger partial charge is 0.337 e. The predicted octanol–water partition coefficient (Wildman–Crippen LogP) is 1.16. The molecule has 1 aliphatic carbocycles. The highest BCUT2D eigenvalue weighted by molar-refractivity contribution is 5.79. The van der Waals surface area contributed by atoms with Gasteiger partial charge in [0.25, 0.3) is 0 Å². The maximum absolute atomic E-state index is 12.8. The van der Waals surface area contributed by atoms with E-state index in [1.54, 1.807) is 0 Å². The van der Waals surface area contributed by atoms with Gasteiger partial charge in [0.15, 0.2) is 0 Å². The lowest BCUT2D eigenvalue weighted by atomic mass is 9.72. The van der Waals surface area contributed by atoms with E-state index in [-0.39, 0.29) is 12.0 Å². The van der Waals surface area contributed by atoms with Crippen LogP contribution in [-0.2, 0) is 4.79 Å². The Hall–Kier alpha value is -0.610. The Bertz CT molecular complexity index is 333. The molecule has 0 aromatic rings. The first-order valence-corrected chi connectivity index (χ1v) is 7.64. The molecule has 1 amide bonds. The molecule has 5 unspecified atom stereocenters. The van der Waals surface area contributed by atoms with Gasteiger partial charge >= 0.3 is 0 Å². The van der Waals surface area contributed by atoms with E-state index in [0.717, 1.165) is 32.5 Å². The standard InChI is InChI=1S/C15H29N3O/c1-10-7-11(2)14(16)8-13(10)15(19)18-6-5-17(4)9-12(18)3/h10-14H,5-9,16H2,1-4H3. The number of hydrogen-bond donors (Lipinski definition) is 1.